The summed E-state index contributed by atoms with van der Waals surface area (Å²) in [5.74, 6) is 0.885. The average molecular weight is 547 g/mol. The van der Waals surface area contributed by atoms with Gasteiger partial charge in [-0.05, 0) is 87.0 Å². The predicted octanol–water partition coefficient (Wildman–Crippen LogP) is 2.33. The maximum Gasteiger partial charge on any atom is 0.264 e. The molecule has 0 unspecified atom stereocenters. The van der Waals surface area contributed by atoms with Crippen LogP contribution in [-0.4, -0.2) is 78.7 Å². The van der Waals surface area contributed by atoms with Gasteiger partial charge in [-0.2, -0.15) is 5.10 Å². The molecule has 2 saturated heterocycles. The van der Waals surface area contributed by atoms with E-state index in [9.17, 15) is 19.8 Å². The van der Waals surface area contributed by atoms with Crippen LogP contribution in [0.4, 0.5) is 5.69 Å². The highest BCUT2D eigenvalue weighted by Crippen LogP contribution is 2.52. The quantitative estimate of drug-likeness (QED) is 0.488. The summed E-state index contributed by atoms with van der Waals surface area (Å²) in [6.07, 6.45) is 10.6. The molecule has 3 aromatic rings. The van der Waals surface area contributed by atoms with Gasteiger partial charge in [-0.15, -0.1) is 0 Å². The van der Waals surface area contributed by atoms with Crippen LogP contribution in [0.3, 0.4) is 0 Å². The zero-order valence-electron chi connectivity index (χ0n) is 22.9. The Morgan fingerprint density at radius 2 is 1.65 bits per heavy atom. The second-order valence-electron chi connectivity index (χ2n) is 12.8. The Morgan fingerprint density at radius 3 is 2.30 bits per heavy atom. The van der Waals surface area contributed by atoms with Gasteiger partial charge in [0.25, 0.3) is 5.56 Å². The molecule has 2 aromatic heterocycles. The predicted molar refractivity (Wildman–Crippen MR) is 150 cm³/mol. The third-order valence-corrected chi connectivity index (χ3v) is 9.94. The van der Waals surface area contributed by atoms with Crippen LogP contribution in [0.2, 0.25) is 0 Å². The fraction of sp³-hybridized carbons (Fsp3) is 0.600. The summed E-state index contributed by atoms with van der Waals surface area (Å²) < 4.78 is 3.17. The van der Waals surface area contributed by atoms with Crippen LogP contribution < -0.4 is 10.5 Å². The molecule has 0 radical (unpaired) electrons. The number of hydrogen-bond acceptors (Lipinski definition) is 7. The monoisotopic (exact) mass is 546 g/mol. The normalized spacial score (nSPS) is 22.6. The Morgan fingerprint density at radius 1 is 0.975 bits per heavy atom. The summed E-state index contributed by atoms with van der Waals surface area (Å²) in [6, 6.07) is 8.25. The van der Waals surface area contributed by atoms with E-state index in [-0.39, 0.29) is 23.9 Å². The third-order valence-electron chi connectivity index (χ3n) is 9.94. The first-order valence-corrected chi connectivity index (χ1v) is 14.8. The fourth-order valence-corrected chi connectivity index (χ4v) is 7.20. The number of carbonyl (C=O) groups is 1. The van der Waals surface area contributed by atoms with Crippen molar-refractivity contribution in [1.29, 1.82) is 0 Å². The zero-order chi connectivity index (χ0) is 27.5. The molecule has 4 aliphatic rings. The van der Waals surface area contributed by atoms with Gasteiger partial charge in [-0.25, -0.2) is 9.67 Å². The van der Waals surface area contributed by atoms with Crippen LogP contribution >= 0.6 is 0 Å². The number of carbonyl (C=O) groups excluding carboxylic acids is 1. The highest BCUT2D eigenvalue weighted by atomic mass is 16.3. The average Bonchev–Trinajstić information content (AvgIpc) is 3.72. The van der Waals surface area contributed by atoms with Crippen molar-refractivity contribution < 1.29 is 15.0 Å². The Hall–Kier alpha value is -3.24. The van der Waals surface area contributed by atoms with Crippen molar-refractivity contribution in [3.63, 3.8) is 0 Å². The summed E-state index contributed by atoms with van der Waals surface area (Å²) in [5, 5.41) is 25.5. The molecule has 2 saturated carbocycles. The number of aliphatic hydroxyl groups excluding tert-OH is 1. The first-order chi connectivity index (χ1) is 19.4. The molecule has 10 heteroatoms. The van der Waals surface area contributed by atoms with Gasteiger partial charge in [0.1, 0.15) is 11.7 Å². The first-order valence-electron chi connectivity index (χ1n) is 14.8. The van der Waals surface area contributed by atoms with Crippen LogP contribution in [0.1, 0.15) is 51.4 Å². The number of benzene rings is 1. The summed E-state index contributed by atoms with van der Waals surface area (Å²) in [7, 11) is 0. The van der Waals surface area contributed by atoms with Gasteiger partial charge in [0, 0.05) is 44.4 Å². The second kappa shape index (κ2) is 9.69. The lowest BCUT2D eigenvalue weighted by Gasteiger charge is -2.52. The zero-order valence-corrected chi connectivity index (χ0v) is 22.9. The minimum atomic E-state index is -1.04. The van der Waals surface area contributed by atoms with Crippen molar-refractivity contribution in [2.75, 3.05) is 37.7 Å². The standard InChI is InChI=1S/C30H38N6O4/c37-18-21-15-29(16-21)7-11-33(12-8-29)23-3-5-24(6-4-23)36-26-25(17-32-36)28(39)35(20-31-26)19-30(40)9-13-34(14-10-30)27(38)22-1-2-22/h3-6,17,20-22,37,40H,1-2,7-16,18-19H2. The number of anilines is 1. The molecule has 0 bridgehead atoms. The van der Waals surface area contributed by atoms with E-state index >= 15 is 0 Å². The molecule has 2 aliphatic carbocycles. The molecule has 0 atom stereocenters. The van der Waals surface area contributed by atoms with Gasteiger partial charge in [0.2, 0.25) is 5.91 Å². The number of piperidine rings is 2. The maximum atomic E-state index is 13.3. The largest absolute Gasteiger partial charge is 0.396 e. The number of amides is 1. The lowest BCUT2D eigenvalue weighted by atomic mass is 9.58. The van der Waals surface area contributed by atoms with Gasteiger partial charge < -0.3 is 20.0 Å². The molecular weight excluding hydrogens is 508 g/mol. The van der Waals surface area contributed by atoms with Gasteiger partial charge in [0.05, 0.1) is 24.0 Å². The van der Waals surface area contributed by atoms with Crippen LogP contribution in [0.15, 0.2) is 41.6 Å². The van der Waals surface area contributed by atoms with Crippen molar-refractivity contribution in [3.8, 4) is 5.69 Å². The maximum absolute atomic E-state index is 13.3. The topological polar surface area (TPSA) is 117 Å². The molecule has 1 spiro atoms. The molecule has 4 fully saturated rings. The molecule has 1 aromatic carbocycles. The van der Waals surface area contributed by atoms with Crippen LogP contribution in [0.5, 0.6) is 0 Å². The molecule has 40 heavy (non-hydrogen) atoms. The van der Waals surface area contributed by atoms with Crippen molar-refractivity contribution in [2.45, 2.75) is 63.5 Å². The summed E-state index contributed by atoms with van der Waals surface area (Å²) in [5.41, 5.74) is 1.69. The highest BCUT2D eigenvalue weighted by Gasteiger charge is 2.45. The van der Waals surface area contributed by atoms with Crippen molar-refractivity contribution in [2.24, 2.45) is 17.3 Å². The van der Waals surface area contributed by atoms with E-state index in [1.165, 1.54) is 29.4 Å². The van der Waals surface area contributed by atoms with Crippen LogP contribution in [0, 0.1) is 17.3 Å². The third kappa shape index (κ3) is 4.60. The van der Waals surface area contributed by atoms with Crippen LogP contribution in [0.25, 0.3) is 16.7 Å². The number of likely N-dealkylation sites (tertiary alicyclic amines) is 1. The number of rotatable bonds is 6. The van der Waals surface area contributed by atoms with E-state index in [4.69, 9.17) is 0 Å². The number of nitrogens with zero attached hydrogens (tertiary/aromatic N) is 6. The Balaban J connectivity index is 1.02. The molecular formula is C30H38N6O4. The van der Waals surface area contributed by atoms with E-state index in [0.29, 0.717) is 54.9 Å². The van der Waals surface area contributed by atoms with Gasteiger partial charge >= 0.3 is 0 Å². The fourth-order valence-electron chi connectivity index (χ4n) is 7.20. The lowest BCUT2D eigenvalue weighted by molar-refractivity contribution is -0.137. The Labute approximate surface area is 233 Å². The molecule has 7 rings (SSSR count). The van der Waals surface area contributed by atoms with E-state index in [1.54, 1.807) is 10.9 Å². The molecule has 10 nitrogen and oxygen atoms in total. The minimum Gasteiger partial charge on any atom is -0.396 e. The van der Waals surface area contributed by atoms with E-state index in [0.717, 1.165) is 44.5 Å². The smallest absolute Gasteiger partial charge is 0.264 e. The van der Waals surface area contributed by atoms with E-state index < -0.39 is 5.60 Å². The summed E-state index contributed by atoms with van der Waals surface area (Å²) in [6.45, 7) is 3.58. The highest BCUT2D eigenvalue weighted by molar-refractivity contribution is 5.81. The van der Waals surface area contributed by atoms with Gasteiger partial charge in [-0.1, -0.05) is 0 Å². The van der Waals surface area contributed by atoms with Crippen LogP contribution in [-0.2, 0) is 11.3 Å². The first kappa shape index (κ1) is 25.7. The number of fused-ring (bicyclic) bond motifs is 1. The van der Waals surface area contributed by atoms with E-state index in [2.05, 4.69) is 27.1 Å². The molecule has 1 amide bonds. The minimum absolute atomic E-state index is 0.151. The summed E-state index contributed by atoms with van der Waals surface area (Å²) >= 11 is 0. The van der Waals surface area contributed by atoms with Gasteiger partial charge in [0.15, 0.2) is 5.65 Å². The Bertz CT molecular complexity index is 1450. The number of aliphatic hydroxyl groups is 2. The molecule has 212 valence electrons. The molecule has 2 N–H and O–H groups in total. The van der Waals surface area contributed by atoms with Crippen molar-refractivity contribution in [1.82, 2.24) is 24.2 Å². The Kier molecular flexibility index (Phi) is 6.23. The molecule has 4 heterocycles. The lowest BCUT2D eigenvalue weighted by Crippen LogP contribution is -2.50. The second-order valence-corrected chi connectivity index (χ2v) is 12.8. The number of aromatic nitrogens is 4. The summed E-state index contributed by atoms with van der Waals surface area (Å²) in [4.78, 5) is 34.5. The van der Waals surface area contributed by atoms with Gasteiger partial charge in [-0.3, -0.25) is 14.2 Å². The van der Waals surface area contributed by atoms with E-state index in [1.807, 2.05) is 17.0 Å². The number of hydrogen-bond donors (Lipinski definition) is 2. The molecule has 2 aliphatic heterocycles. The van der Waals surface area contributed by atoms with Crippen molar-refractivity contribution in [3.05, 3.63) is 47.1 Å². The van der Waals surface area contributed by atoms with Crippen molar-refractivity contribution >= 4 is 22.6 Å². The SMILES string of the molecule is O=C(C1CC1)N1CCC(O)(Cn2cnc3c(cnn3-c3ccc(N4CCC5(CC4)CC(CO)C5)cc3)c2=O)CC1.